The number of phenols is 1. The second-order valence-corrected chi connectivity index (χ2v) is 8.99. The number of anilines is 2. The van der Waals surface area contributed by atoms with E-state index >= 15 is 0 Å². The van der Waals surface area contributed by atoms with E-state index in [2.05, 4.69) is 38.7 Å². The number of phenolic OH excluding ortho intramolecular Hbond substituents is 1. The molecule has 5 nitrogen and oxygen atoms in total. The number of ether oxygens (including phenoxy) is 1. The van der Waals surface area contributed by atoms with E-state index in [1.807, 2.05) is 48.5 Å². The highest BCUT2D eigenvalue weighted by molar-refractivity contribution is 9.10. The van der Waals surface area contributed by atoms with E-state index in [1.54, 1.807) is 6.07 Å². The van der Waals surface area contributed by atoms with E-state index in [-0.39, 0.29) is 23.5 Å². The van der Waals surface area contributed by atoms with E-state index in [1.165, 1.54) is 12.7 Å². The summed E-state index contributed by atoms with van der Waals surface area (Å²) in [5, 5.41) is 17.4. The van der Waals surface area contributed by atoms with Crippen molar-refractivity contribution >= 4 is 33.1 Å². The lowest BCUT2D eigenvalue weighted by atomic mass is 9.78. The quantitative estimate of drug-likeness (QED) is 0.411. The highest BCUT2D eigenvalue weighted by Gasteiger charge is 2.36. The SMILES string of the molecule is COc1cc(C2Nc3ccccc3NC3=C2C(=O)CC(c2ccccc2)C3)cc(Br)c1O. The summed E-state index contributed by atoms with van der Waals surface area (Å²) in [7, 11) is 1.52. The van der Waals surface area contributed by atoms with Crippen LogP contribution in [0.4, 0.5) is 11.4 Å². The molecule has 5 rings (SSSR count). The highest BCUT2D eigenvalue weighted by atomic mass is 79.9. The number of carbonyl (C=O) groups is 1. The van der Waals surface area contributed by atoms with Gasteiger partial charge in [-0.3, -0.25) is 4.79 Å². The third-order valence-electron chi connectivity index (χ3n) is 6.18. The van der Waals surface area contributed by atoms with Gasteiger partial charge in [-0.2, -0.15) is 0 Å². The molecule has 0 bridgehead atoms. The predicted molar refractivity (Wildman–Crippen MR) is 129 cm³/mol. The number of halogens is 1. The van der Waals surface area contributed by atoms with Gasteiger partial charge < -0.3 is 20.5 Å². The maximum absolute atomic E-state index is 13.6. The number of carbonyl (C=O) groups excluding carboxylic acids is 1. The molecule has 162 valence electrons. The van der Waals surface area contributed by atoms with Crippen LogP contribution in [0.5, 0.6) is 11.5 Å². The average Bonchev–Trinajstić information content (AvgIpc) is 2.98. The van der Waals surface area contributed by atoms with Gasteiger partial charge in [0.2, 0.25) is 0 Å². The van der Waals surface area contributed by atoms with E-state index < -0.39 is 0 Å². The monoisotopic (exact) mass is 490 g/mol. The van der Waals surface area contributed by atoms with Gasteiger partial charge in [-0.05, 0) is 63.7 Å². The molecule has 0 aromatic heterocycles. The Morgan fingerprint density at radius 2 is 1.69 bits per heavy atom. The lowest BCUT2D eigenvalue weighted by Crippen LogP contribution is -2.26. The van der Waals surface area contributed by atoms with Crippen molar-refractivity contribution in [2.45, 2.75) is 24.8 Å². The van der Waals surface area contributed by atoms with Gasteiger partial charge in [-0.25, -0.2) is 0 Å². The van der Waals surface area contributed by atoms with Crippen LogP contribution >= 0.6 is 15.9 Å². The predicted octanol–water partition coefficient (Wildman–Crippen LogP) is 6.14. The molecule has 0 radical (unpaired) electrons. The molecule has 3 aromatic rings. The first-order chi connectivity index (χ1) is 15.5. The summed E-state index contributed by atoms with van der Waals surface area (Å²) in [5.74, 6) is 0.633. The number of Topliss-reactive ketones (excluding diaryl/α,β-unsaturated/α-hetero) is 1. The number of fused-ring (bicyclic) bond motifs is 1. The molecule has 0 saturated heterocycles. The van der Waals surface area contributed by atoms with Crippen LogP contribution < -0.4 is 15.4 Å². The first kappa shape index (κ1) is 20.6. The summed E-state index contributed by atoms with van der Waals surface area (Å²) in [6.45, 7) is 0. The van der Waals surface area contributed by atoms with Crippen LogP contribution in [0.1, 0.15) is 35.9 Å². The van der Waals surface area contributed by atoms with Crippen LogP contribution in [0.15, 0.2) is 82.5 Å². The fourth-order valence-electron chi connectivity index (χ4n) is 4.62. The van der Waals surface area contributed by atoms with Crippen molar-refractivity contribution in [3.05, 3.63) is 93.6 Å². The van der Waals surface area contributed by atoms with Gasteiger partial charge in [0.1, 0.15) is 0 Å². The molecular formula is C26H23BrN2O3. The van der Waals surface area contributed by atoms with Crippen LogP contribution in [-0.2, 0) is 4.79 Å². The van der Waals surface area contributed by atoms with E-state index in [9.17, 15) is 9.90 Å². The van der Waals surface area contributed by atoms with E-state index in [0.29, 0.717) is 16.6 Å². The fourth-order valence-corrected chi connectivity index (χ4v) is 5.08. The van der Waals surface area contributed by atoms with Gasteiger partial charge in [0.25, 0.3) is 0 Å². The summed E-state index contributed by atoms with van der Waals surface area (Å²) in [6.07, 6.45) is 1.20. The van der Waals surface area contributed by atoms with Gasteiger partial charge in [0.05, 0.1) is 29.0 Å². The number of methoxy groups -OCH3 is 1. The maximum Gasteiger partial charge on any atom is 0.172 e. The van der Waals surface area contributed by atoms with Crippen LogP contribution in [0.3, 0.4) is 0 Å². The Morgan fingerprint density at radius 3 is 2.44 bits per heavy atom. The normalized spacial score (nSPS) is 19.9. The van der Waals surface area contributed by atoms with Gasteiger partial charge >= 0.3 is 0 Å². The highest BCUT2D eigenvalue weighted by Crippen LogP contribution is 2.46. The van der Waals surface area contributed by atoms with Crippen LogP contribution in [0.25, 0.3) is 0 Å². The zero-order valence-electron chi connectivity index (χ0n) is 17.6. The number of allylic oxidation sites excluding steroid dienone is 1. The minimum absolute atomic E-state index is 0.0386. The summed E-state index contributed by atoms with van der Waals surface area (Å²) in [6, 6.07) is 21.4. The second-order valence-electron chi connectivity index (χ2n) is 8.13. The van der Waals surface area contributed by atoms with Crippen molar-refractivity contribution in [3.63, 3.8) is 0 Å². The standard InChI is InChI=1S/C26H23BrN2O3/c1-32-23-14-17(11-18(27)26(23)31)25-24-21(28-19-9-5-6-10-20(19)29-25)12-16(13-22(24)30)15-7-3-2-4-8-15/h2-11,14,16,25,28-29,31H,12-13H2,1H3. The summed E-state index contributed by atoms with van der Waals surface area (Å²) < 4.78 is 5.89. The summed E-state index contributed by atoms with van der Waals surface area (Å²) in [4.78, 5) is 13.6. The first-order valence-corrected chi connectivity index (χ1v) is 11.3. The number of hydrogen-bond donors (Lipinski definition) is 3. The Balaban J connectivity index is 1.65. The Kier molecular flexibility index (Phi) is 5.39. The molecule has 2 aliphatic rings. The molecule has 6 heteroatoms. The van der Waals surface area contributed by atoms with Crippen molar-refractivity contribution in [2.24, 2.45) is 0 Å². The Bertz CT molecular complexity index is 1220. The molecule has 32 heavy (non-hydrogen) atoms. The largest absolute Gasteiger partial charge is 0.503 e. The van der Waals surface area contributed by atoms with Crippen LogP contribution in [0.2, 0.25) is 0 Å². The van der Waals surface area contributed by atoms with Crippen LogP contribution in [0, 0.1) is 0 Å². The number of aromatic hydroxyl groups is 1. The third-order valence-corrected chi connectivity index (χ3v) is 6.79. The smallest absolute Gasteiger partial charge is 0.172 e. The molecule has 1 aliphatic carbocycles. The molecule has 2 unspecified atom stereocenters. The van der Waals surface area contributed by atoms with Crippen LogP contribution in [-0.4, -0.2) is 18.0 Å². The summed E-state index contributed by atoms with van der Waals surface area (Å²) >= 11 is 3.42. The number of hydrogen-bond acceptors (Lipinski definition) is 5. The molecule has 3 N–H and O–H groups in total. The van der Waals surface area contributed by atoms with Crippen molar-refractivity contribution in [3.8, 4) is 11.5 Å². The number of benzene rings is 3. The topological polar surface area (TPSA) is 70.6 Å². The molecule has 0 amide bonds. The van der Waals surface area contributed by atoms with Gasteiger partial charge in [-0.1, -0.05) is 42.5 Å². The number of para-hydroxylation sites is 2. The first-order valence-electron chi connectivity index (χ1n) is 10.6. The molecule has 3 aromatic carbocycles. The molecule has 2 atom stereocenters. The minimum Gasteiger partial charge on any atom is -0.503 e. The lowest BCUT2D eigenvalue weighted by molar-refractivity contribution is -0.116. The van der Waals surface area contributed by atoms with Gasteiger partial charge in [0.15, 0.2) is 17.3 Å². The third kappa shape index (κ3) is 3.65. The molecule has 1 heterocycles. The Hall–Kier alpha value is -3.25. The molecule has 0 saturated carbocycles. The van der Waals surface area contributed by atoms with Crippen molar-refractivity contribution in [2.75, 3.05) is 17.7 Å². The van der Waals surface area contributed by atoms with Crippen molar-refractivity contribution in [1.82, 2.24) is 0 Å². The number of rotatable bonds is 3. The molecular weight excluding hydrogens is 468 g/mol. The van der Waals surface area contributed by atoms with Gasteiger partial charge in [0, 0.05) is 17.7 Å². The summed E-state index contributed by atoms with van der Waals surface area (Å²) in [5.41, 5.74) is 5.52. The van der Waals surface area contributed by atoms with Gasteiger partial charge in [-0.15, -0.1) is 0 Å². The molecule has 1 aliphatic heterocycles. The zero-order valence-corrected chi connectivity index (χ0v) is 19.1. The average molecular weight is 491 g/mol. The lowest BCUT2D eigenvalue weighted by Gasteiger charge is -2.30. The maximum atomic E-state index is 13.6. The number of ketones is 1. The fraction of sp³-hybridized carbons (Fsp3) is 0.192. The van der Waals surface area contributed by atoms with E-state index in [0.717, 1.165) is 34.6 Å². The number of nitrogens with one attached hydrogen (secondary N) is 2. The Morgan fingerprint density at radius 1 is 0.969 bits per heavy atom. The molecule has 0 spiro atoms. The second kappa shape index (κ2) is 8.36. The van der Waals surface area contributed by atoms with E-state index in [4.69, 9.17) is 4.74 Å². The Labute approximate surface area is 195 Å². The van der Waals surface area contributed by atoms with Crippen molar-refractivity contribution in [1.29, 1.82) is 0 Å². The minimum atomic E-state index is -0.379. The zero-order chi connectivity index (χ0) is 22.2. The molecule has 0 fully saturated rings. The van der Waals surface area contributed by atoms with Crippen molar-refractivity contribution < 1.29 is 14.6 Å².